The minimum Gasteiger partial charge on any atom is -0.324 e. The number of rotatable bonds is 2. The second-order valence-electron chi connectivity index (χ2n) is 2.65. The van der Waals surface area contributed by atoms with Crippen molar-refractivity contribution in [1.29, 1.82) is 0 Å². The van der Waals surface area contributed by atoms with Gasteiger partial charge in [-0.15, -0.1) is 0 Å². The second kappa shape index (κ2) is 4.13. The van der Waals surface area contributed by atoms with E-state index < -0.39 is 0 Å². The van der Waals surface area contributed by atoms with Crippen LogP contribution in [0.3, 0.4) is 0 Å². The zero-order chi connectivity index (χ0) is 9.14. The second-order valence-corrected chi connectivity index (χ2v) is 3.46. The van der Waals surface area contributed by atoms with E-state index >= 15 is 0 Å². The molecule has 0 saturated heterocycles. The predicted molar refractivity (Wildman–Crippen MR) is 53.7 cm³/mol. The maximum absolute atomic E-state index is 5.94. The maximum atomic E-state index is 5.94. The summed E-state index contributed by atoms with van der Waals surface area (Å²) in [5.41, 5.74) is 6.68. The molecule has 0 spiro atoms. The minimum absolute atomic E-state index is 0.0637. The smallest absolute Gasteiger partial charge is 0.0468 e. The average molecular weight is 204 g/mol. The third kappa shape index (κ3) is 1.92. The van der Waals surface area contributed by atoms with Gasteiger partial charge < -0.3 is 5.73 Å². The molecule has 1 rings (SSSR count). The molecule has 0 aliphatic heterocycles. The van der Waals surface area contributed by atoms with Crippen LogP contribution in [0.5, 0.6) is 0 Å². The van der Waals surface area contributed by atoms with Gasteiger partial charge in [-0.05, 0) is 18.6 Å². The van der Waals surface area contributed by atoms with Gasteiger partial charge in [-0.2, -0.15) is 0 Å². The molecule has 0 saturated carbocycles. The highest BCUT2D eigenvalue weighted by atomic mass is 35.5. The topological polar surface area (TPSA) is 26.0 Å². The fourth-order valence-electron chi connectivity index (χ4n) is 1.07. The number of hydrogen-bond donors (Lipinski definition) is 1. The van der Waals surface area contributed by atoms with Crippen LogP contribution in [0, 0.1) is 0 Å². The van der Waals surface area contributed by atoms with Crippen molar-refractivity contribution < 1.29 is 0 Å². The van der Waals surface area contributed by atoms with Crippen LogP contribution < -0.4 is 5.73 Å². The van der Waals surface area contributed by atoms with Gasteiger partial charge in [-0.1, -0.05) is 36.2 Å². The van der Waals surface area contributed by atoms with E-state index in [4.69, 9.17) is 28.9 Å². The van der Waals surface area contributed by atoms with Gasteiger partial charge in [0.25, 0.3) is 0 Å². The highest BCUT2D eigenvalue weighted by molar-refractivity contribution is 6.36. The third-order valence-corrected chi connectivity index (χ3v) is 2.47. The van der Waals surface area contributed by atoms with E-state index in [1.807, 2.05) is 13.0 Å². The SMILES string of the molecule is CC[C@@H](N)c1c(Cl)cccc1Cl. The van der Waals surface area contributed by atoms with Crippen LogP contribution in [0.4, 0.5) is 0 Å². The lowest BCUT2D eigenvalue weighted by Crippen LogP contribution is -2.09. The lowest BCUT2D eigenvalue weighted by atomic mass is 10.1. The fourth-order valence-corrected chi connectivity index (χ4v) is 1.75. The molecule has 0 aliphatic rings. The molecule has 1 nitrogen and oxygen atoms in total. The Kier molecular flexibility index (Phi) is 3.39. The lowest BCUT2D eigenvalue weighted by Gasteiger charge is -2.12. The van der Waals surface area contributed by atoms with Crippen molar-refractivity contribution in [2.75, 3.05) is 0 Å². The fraction of sp³-hybridized carbons (Fsp3) is 0.333. The summed E-state index contributed by atoms with van der Waals surface area (Å²) in [5.74, 6) is 0. The Balaban J connectivity index is 3.12. The molecule has 1 aromatic carbocycles. The minimum atomic E-state index is -0.0637. The summed E-state index contributed by atoms with van der Waals surface area (Å²) in [4.78, 5) is 0. The number of halogens is 2. The van der Waals surface area contributed by atoms with E-state index in [0.717, 1.165) is 12.0 Å². The van der Waals surface area contributed by atoms with Crippen LogP contribution in [0.25, 0.3) is 0 Å². The Labute approximate surface area is 82.5 Å². The van der Waals surface area contributed by atoms with Gasteiger partial charge in [0.15, 0.2) is 0 Å². The molecule has 0 bridgehead atoms. The molecular weight excluding hydrogens is 193 g/mol. The molecule has 0 unspecified atom stereocenters. The summed E-state index contributed by atoms with van der Waals surface area (Å²) in [6.45, 7) is 2.00. The first-order valence-corrected chi connectivity index (χ1v) is 4.62. The van der Waals surface area contributed by atoms with Gasteiger partial charge in [0.05, 0.1) is 0 Å². The normalized spacial score (nSPS) is 13.0. The molecule has 0 aromatic heterocycles. The van der Waals surface area contributed by atoms with E-state index in [1.54, 1.807) is 12.1 Å². The molecule has 1 aromatic rings. The van der Waals surface area contributed by atoms with Crippen LogP contribution in [0.1, 0.15) is 24.9 Å². The highest BCUT2D eigenvalue weighted by Gasteiger charge is 2.11. The Morgan fingerprint density at radius 1 is 1.33 bits per heavy atom. The van der Waals surface area contributed by atoms with E-state index in [1.165, 1.54) is 0 Å². The largest absolute Gasteiger partial charge is 0.324 e. The maximum Gasteiger partial charge on any atom is 0.0468 e. The summed E-state index contributed by atoms with van der Waals surface area (Å²) in [7, 11) is 0. The first-order chi connectivity index (χ1) is 5.66. The van der Waals surface area contributed by atoms with Crippen LogP contribution in [-0.4, -0.2) is 0 Å². The Hall–Kier alpha value is -0.240. The van der Waals surface area contributed by atoms with Crippen molar-refractivity contribution >= 4 is 23.2 Å². The standard InChI is InChI=1S/C9H11Cl2N/c1-2-8(12)9-6(10)4-3-5-7(9)11/h3-5,8H,2,12H2,1H3/t8-/m1/s1. The first kappa shape index (κ1) is 9.85. The van der Waals surface area contributed by atoms with Crippen LogP contribution in [0.2, 0.25) is 10.0 Å². The molecular formula is C9H11Cl2N. The van der Waals surface area contributed by atoms with E-state index in [-0.39, 0.29) is 6.04 Å². The summed E-state index contributed by atoms with van der Waals surface area (Å²) in [6.07, 6.45) is 0.837. The van der Waals surface area contributed by atoms with Gasteiger partial charge >= 0.3 is 0 Å². The Morgan fingerprint density at radius 3 is 2.25 bits per heavy atom. The lowest BCUT2D eigenvalue weighted by molar-refractivity contribution is 0.699. The van der Waals surface area contributed by atoms with Crippen molar-refractivity contribution in [3.63, 3.8) is 0 Å². The molecule has 2 N–H and O–H groups in total. The monoisotopic (exact) mass is 203 g/mol. The van der Waals surface area contributed by atoms with E-state index in [0.29, 0.717) is 10.0 Å². The van der Waals surface area contributed by atoms with Gasteiger partial charge in [0.1, 0.15) is 0 Å². The van der Waals surface area contributed by atoms with Crippen LogP contribution in [0.15, 0.2) is 18.2 Å². The predicted octanol–water partition coefficient (Wildman–Crippen LogP) is 3.40. The van der Waals surface area contributed by atoms with E-state index in [9.17, 15) is 0 Å². The highest BCUT2D eigenvalue weighted by Crippen LogP contribution is 2.30. The van der Waals surface area contributed by atoms with Gasteiger partial charge in [0, 0.05) is 21.7 Å². The van der Waals surface area contributed by atoms with Gasteiger partial charge in [0.2, 0.25) is 0 Å². The van der Waals surface area contributed by atoms with Crippen molar-refractivity contribution in [2.45, 2.75) is 19.4 Å². The van der Waals surface area contributed by atoms with Crippen molar-refractivity contribution in [2.24, 2.45) is 5.73 Å². The average Bonchev–Trinajstić information content (AvgIpc) is 2.03. The third-order valence-electron chi connectivity index (χ3n) is 1.81. The molecule has 66 valence electrons. The summed E-state index contributed by atoms with van der Waals surface area (Å²) < 4.78 is 0. The molecule has 0 heterocycles. The molecule has 1 atom stereocenters. The Morgan fingerprint density at radius 2 is 1.83 bits per heavy atom. The summed E-state index contributed by atoms with van der Waals surface area (Å²) >= 11 is 11.9. The number of hydrogen-bond acceptors (Lipinski definition) is 1. The molecule has 0 amide bonds. The van der Waals surface area contributed by atoms with Gasteiger partial charge in [-0.3, -0.25) is 0 Å². The van der Waals surface area contributed by atoms with Gasteiger partial charge in [-0.25, -0.2) is 0 Å². The first-order valence-electron chi connectivity index (χ1n) is 3.86. The quantitative estimate of drug-likeness (QED) is 0.784. The molecule has 0 aliphatic carbocycles. The molecule has 3 heteroatoms. The van der Waals surface area contributed by atoms with Crippen molar-refractivity contribution in [3.05, 3.63) is 33.8 Å². The van der Waals surface area contributed by atoms with Crippen LogP contribution in [-0.2, 0) is 0 Å². The summed E-state index contributed by atoms with van der Waals surface area (Å²) in [6, 6.07) is 5.36. The van der Waals surface area contributed by atoms with Crippen molar-refractivity contribution in [3.8, 4) is 0 Å². The number of nitrogens with two attached hydrogens (primary N) is 1. The zero-order valence-electron chi connectivity index (χ0n) is 6.85. The summed E-state index contributed by atoms with van der Waals surface area (Å²) in [5, 5.41) is 1.30. The number of benzene rings is 1. The molecule has 12 heavy (non-hydrogen) atoms. The molecule has 0 fully saturated rings. The molecule has 0 radical (unpaired) electrons. The van der Waals surface area contributed by atoms with Crippen molar-refractivity contribution in [1.82, 2.24) is 0 Å². The van der Waals surface area contributed by atoms with E-state index in [2.05, 4.69) is 0 Å². The zero-order valence-corrected chi connectivity index (χ0v) is 8.36. The van der Waals surface area contributed by atoms with Crippen LogP contribution >= 0.6 is 23.2 Å². The Bertz CT molecular complexity index is 253.